The van der Waals surface area contributed by atoms with Crippen molar-refractivity contribution >= 4 is 11.8 Å². The van der Waals surface area contributed by atoms with E-state index in [9.17, 15) is 0 Å². The van der Waals surface area contributed by atoms with Crippen LogP contribution in [0, 0.1) is 11.8 Å². The van der Waals surface area contributed by atoms with Gasteiger partial charge in [0.25, 0.3) is 0 Å². The molecular formula is C12H19NS. The minimum atomic E-state index is 0.801. The van der Waals surface area contributed by atoms with Gasteiger partial charge >= 0.3 is 0 Å². The monoisotopic (exact) mass is 209 g/mol. The predicted molar refractivity (Wildman–Crippen MR) is 62.6 cm³/mol. The van der Waals surface area contributed by atoms with Crippen molar-refractivity contribution in [1.29, 1.82) is 0 Å². The van der Waals surface area contributed by atoms with Crippen molar-refractivity contribution < 1.29 is 0 Å². The van der Waals surface area contributed by atoms with Crippen LogP contribution in [0.1, 0.15) is 26.2 Å². The third kappa shape index (κ3) is 1.53. The van der Waals surface area contributed by atoms with Gasteiger partial charge in [0.15, 0.2) is 0 Å². The van der Waals surface area contributed by atoms with Gasteiger partial charge in [0, 0.05) is 23.1 Å². The van der Waals surface area contributed by atoms with E-state index in [0.717, 1.165) is 29.2 Å². The molecule has 1 aliphatic heterocycles. The summed E-state index contributed by atoms with van der Waals surface area (Å²) in [6, 6.07) is 1.62. The molecule has 14 heavy (non-hydrogen) atoms. The Morgan fingerprint density at radius 3 is 3.00 bits per heavy atom. The zero-order valence-corrected chi connectivity index (χ0v) is 9.59. The van der Waals surface area contributed by atoms with Crippen LogP contribution in [0.5, 0.6) is 0 Å². The first-order chi connectivity index (χ1) is 6.83. The van der Waals surface area contributed by atoms with E-state index < -0.39 is 0 Å². The van der Waals surface area contributed by atoms with Gasteiger partial charge in [0.05, 0.1) is 0 Å². The van der Waals surface area contributed by atoms with Gasteiger partial charge < -0.3 is 5.32 Å². The second-order valence-electron chi connectivity index (χ2n) is 5.09. The third-order valence-corrected chi connectivity index (χ3v) is 5.37. The summed E-state index contributed by atoms with van der Waals surface area (Å²) in [6.07, 6.45) is 8.97. The summed E-state index contributed by atoms with van der Waals surface area (Å²) in [6.45, 7) is 2.35. The molecule has 0 radical (unpaired) electrons. The van der Waals surface area contributed by atoms with E-state index in [1.807, 2.05) is 0 Å². The minimum Gasteiger partial charge on any atom is -0.310 e. The second-order valence-corrected chi connectivity index (χ2v) is 6.56. The summed E-state index contributed by atoms with van der Waals surface area (Å²) in [5.41, 5.74) is 0. The normalized spacial score (nSPS) is 50.5. The fraction of sp³-hybridized carbons (Fsp3) is 0.833. The zero-order valence-electron chi connectivity index (χ0n) is 8.78. The molecule has 0 aromatic heterocycles. The lowest BCUT2D eigenvalue weighted by Crippen LogP contribution is -2.51. The van der Waals surface area contributed by atoms with Gasteiger partial charge in [-0.3, -0.25) is 0 Å². The van der Waals surface area contributed by atoms with Crippen molar-refractivity contribution in [1.82, 2.24) is 5.32 Å². The molecule has 0 aromatic rings. The van der Waals surface area contributed by atoms with Gasteiger partial charge in [0.1, 0.15) is 0 Å². The Kier molecular flexibility index (Phi) is 2.37. The topological polar surface area (TPSA) is 12.0 Å². The van der Waals surface area contributed by atoms with Crippen LogP contribution in [0.15, 0.2) is 12.2 Å². The Bertz CT molecular complexity index is 251. The van der Waals surface area contributed by atoms with Crippen molar-refractivity contribution in [2.75, 3.05) is 5.75 Å². The number of fused-ring (bicyclic) bond motifs is 1. The van der Waals surface area contributed by atoms with Crippen LogP contribution in [-0.4, -0.2) is 23.1 Å². The summed E-state index contributed by atoms with van der Waals surface area (Å²) in [5, 5.41) is 4.72. The molecule has 5 unspecified atom stereocenters. The first-order valence-electron chi connectivity index (χ1n) is 5.87. The Morgan fingerprint density at radius 1 is 1.36 bits per heavy atom. The van der Waals surface area contributed by atoms with Gasteiger partial charge in [-0.05, 0) is 31.1 Å². The summed E-state index contributed by atoms with van der Waals surface area (Å²) in [4.78, 5) is 0. The standard InChI is InChI=1S/C12H19NS/c1-8-5-10(7-14-8)13-12-6-9-3-2-4-11(9)12/h2,4,8-13H,3,5-7H2,1H3. The van der Waals surface area contributed by atoms with Crippen LogP contribution in [0.25, 0.3) is 0 Å². The molecule has 0 bridgehead atoms. The molecule has 0 spiro atoms. The first-order valence-corrected chi connectivity index (χ1v) is 6.92. The van der Waals surface area contributed by atoms with Gasteiger partial charge in [-0.25, -0.2) is 0 Å². The van der Waals surface area contributed by atoms with Crippen LogP contribution >= 0.6 is 11.8 Å². The second kappa shape index (κ2) is 3.57. The molecule has 1 heterocycles. The van der Waals surface area contributed by atoms with Gasteiger partial charge in [-0.15, -0.1) is 0 Å². The summed E-state index contributed by atoms with van der Waals surface area (Å²) in [5.74, 6) is 3.22. The molecule has 5 atom stereocenters. The molecular weight excluding hydrogens is 190 g/mol. The predicted octanol–water partition coefficient (Wildman–Crippen LogP) is 2.43. The summed E-state index contributed by atoms with van der Waals surface area (Å²) in [7, 11) is 0. The number of allylic oxidation sites excluding steroid dienone is 1. The Labute approximate surface area is 90.7 Å². The maximum atomic E-state index is 3.85. The van der Waals surface area contributed by atoms with Gasteiger partial charge in [0.2, 0.25) is 0 Å². The average molecular weight is 209 g/mol. The molecule has 3 rings (SSSR count). The first kappa shape index (κ1) is 9.29. The molecule has 0 amide bonds. The Morgan fingerprint density at radius 2 is 2.29 bits per heavy atom. The quantitative estimate of drug-likeness (QED) is 0.701. The van der Waals surface area contributed by atoms with Crippen molar-refractivity contribution in [2.24, 2.45) is 11.8 Å². The minimum absolute atomic E-state index is 0.801. The number of thioether (sulfide) groups is 1. The van der Waals surface area contributed by atoms with Crippen LogP contribution in [0.3, 0.4) is 0 Å². The SMILES string of the molecule is CC1CC(NC2CC3CC=CC32)CS1. The highest BCUT2D eigenvalue weighted by molar-refractivity contribution is 8.00. The van der Waals surface area contributed by atoms with Crippen LogP contribution in [0.2, 0.25) is 0 Å². The molecule has 3 aliphatic rings. The maximum Gasteiger partial charge on any atom is 0.0171 e. The van der Waals surface area contributed by atoms with E-state index in [-0.39, 0.29) is 0 Å². The number of nitrogens with one attached hydrogen (secondary N) is 1. The molecule has 2 heteroatoms. The third-order valence-electron chi connectivity index (χ3n) is 4.01. The number of hydrogen-bond donors (Lipinski definition) is 1. The molecule has 0 aromatic carbocycles. The average Bonchev–Trinajstić information content (AvgIpc) is 2.68. The molecule has 2 aliphatic carbocycles. The van der Waals surface area contributed by atoms with Gasteiger partial charge in [-0.1, -0.05) is 19.1 Å². The van der Waals surface area contributed by atoms with E-state index in [1.54, 1.807) is 0 Å². The van der Waals surface area contributed by atoms with Crippen LogP contribution < -0.4 is 5.32 Å². The smallest absolute Gasteiger partial charge is 0.0171 e. The molecule has 1 nitrogen and oxygen atoms in total. The number of hydrogen-bond acceptors (Lipinski definition) is 2. The fourth-order valence-corrected chi connectivity index (χ4v) is 4.31. The van der Waals surface area contributed by atoms with Crippen LogP contribution in [-0.2, 0) is 0 Å². The van der Waals surface area contributed by atoms with Crippen molar-refractivity contribution in [2.45, 2.75) is 43.5 Å². The molecule has 1 saturated carbocycles. The van der Waals surface area contributed by atoms with E-state index in [0.29, 0.717) is 0 Å². The highest BCUT2D eigenvalue weighted by Gasteiger charge is 2.42. The Balaban J connectivity index is 1.52. The lowest BCUT2D eigenvalue weighted by atomic mass is 9.71. The summed E-state index contributed by atoms with van der Waals surface area (Å²) < 4.78 is 0. The highest BCUT2D eigenvalue weighted by atomic mass is 32.2. The van der Waals surface area contributed by atoms with E-state index in [1.165, 1.54) is 25.0 Å². The van der Waals surface area contributed by atoms with Crippen molar-refractivity contribution in [3.05, 3.63) is 12.2 Å². The highest BCUT2D eigenvalue weighted by Crippen LogP contribution is 2.43. The zero-order chi connectivity index (χ0) is 9.54. The lowest BCUT2D eigenvalue weighted by Gasteiger charge is -2.42. The van der Waals surface area contributed by atoms with E-state index >= 15 is 0 Å². The largest absolute Gasteiger partial charge is 0.310 e. The number of rotatable bonds is 2. The van der Waals surface area contributed by atoms with Gasteiger partial charge in [-0.2, -0.15) is 11.8 Å². The van der Waals surface area contributed by atoms with Crippen molar-refractivity contribution in [3.63, 3.8) is 0 Å². The molecule has 78 valence electrons. The summed E-state index contributed by atoms with van der Waals surface area (Å²) >= 11 is 2.13. The maximum absolute atomic E-state index is 3.85. The van der Waals surface area contributed by atoms with E-state index in [2.05, 4.69) is 36.2 Å². The fourth-order valence-electron chi connectivity index (χ4n) is 3.14. The Hall–Kier alpha value is 0.0500. The molecule has 2 fully saturated rings. The van der Waals surface area contributed by atoms with E-state index in [4.69, 9.17) is 0 Å². The lowest BCUT2D eigenvalue weighted by molar-refractivity contribution is 0.152. The van der Waals surface area contributed by atoms with Crippen molar-refractivity contribution in [3.8, 4) is 0 Å². The molecule has 1 N–H and O–H groups in total. The molecule has 1 saturated heterocycles. The van der Waals surface area contributed by atoms with Crippen LogP contribution in [0.4, 0.5) is 0 Å².